The number of hydrogen-bond acceptors (Lipinski definition) is 1. The third-order valence-electron chi connectivity index (χ3n) is 3.74. The second-order valence-corrected chi connectivity index (χ2v) is 4.74. The van der Waals surface area contributed by atoms with Gasteiger partial charge in [0.25, 0.3) is 0 Å². The topological polar surface area (TPSA) is 12.0 Å². The molecule has 3 atom stereocenters. The van der Waals surface area contributed by atoms with Crippen LogP contribution in [0.5, 0.6) is 0 Å². The van der Waals surface area contributed by atoms with Crippen molar-refractivity contribution in [3.05, 3.63) is 0 Å². The third kappa shape index (κ3) is 3.87. The largest absolute Gasteiger partial charge is 0.310 e. The second-order valence-electron chi connectivity index (χ2n) is 4.74. The van der Waals surface area contributed by atoms with E-state index in [2.05, 4.69) is 25.1 Å². The fourth-order valence-corrected chi connectivity index (χ4v) is 2.68. The van der Waals surface area contributed by atoms with E-state index in [1.165, 1.54) is 32.1 Å². The lowest BCUT2D eigenvalue weighted by Crippen LogP contribution is -2.43. The highest BCUT2D eigenvalue weighted by Gasteiger charge is 2.24. The van der Waals surface area contributed by atoms with Gasteiger partial charge in [0, 0.05) is 18.5 Å². The molecule has 15 heavy (non-hydrogen) atoms. The van der Waals surface area contributed by atoms with E-state index in [1.54, 1.807) is 0 Å². The van der Waals surface area contributed by atoms with Crippen molar-refractivity contribution in [2.24, 2.45) is 5.92 Å². The lowest BCUT2D eigenvalue weighted by molar-refractivity contribution is 0.235. The highest BCUT2D eigenvalue weighted by Crippen LogP contribution is 2.27. The van der Waals surface area contributed by atoms with Crippen molar-refractivity contribution in [2.75, 3.05) is 0 Å². The van der Waals surface area contributed by atoms with Crippen LogP contribution in [0.4, 0.5) is 0 Å². The van der Waals surface area contributed by atoms with Gasteiger partial charge >= 0.3 is 0 Å². The van der Waals surface area contributed by atoms with Crippen LogP contribution in [-0.2, 0) is 0 Å². The number of nitrogens with one attached hydrogen (secondary N) is 1. The van der Waals surface area contributed by atoms with Crippen LogP contribution in [0.2, 0.25) is 0 Å². The van der Waals surface area contributed by atoms with Gasteiger partial charge in [-0.25, -0.2) is 0 Å². The van der Waals surface area contributed by atoms with Crippen LogP contribution in [0.1, 0.15) is 58.8 Å². The average Bonchev–Trinajstić information content (AvgIpc) is 2.29. The van der Waals surface area contributed by atoms with E-state index in [0.29, 0.717) is 6.04 Å². The molecule has 3 unspecified atom stereocenters. The Morgan fingerprint density at radius 3 is 2.67 bits per heavy atom. The normalized spacial score (nSPS) is 28.3. The molecule has 1 aliphatic carbocycles. The molecule has 0 aromatic rings. The molecule has 0 aromatic heterocycles. The summed E-state index contributed by atoms with van der Waals surface area (Å²) in [5.74, 6) is 3.66. The molecule has 0 heterocycles. The molecule has 0 radical (unpaired) electrons. The molecular weight excluding hydrogens is 182 g/mol. The standard InChI is InChI=1S/C14H25N/c1-4-9-13(6-3)15-14-11-8-7-10-12(14)5-2/h1,12-15H,5-11H2,2-3H3. The van der Waals surface area contributed by atoms with Gasteiger partial charge in [0.15, 0.2) is 0 Å². The average molecular weight is 207 g/mol. The molecule has 1 heteroatoms. The number of rotatable bonds is 5. The van der Waals surface area contributed by atoms with Crippen LogP contribution in [0.3, 0.4) is 0 Å². The molecule has 0 aromatic carbocycles. The van der Waals surface area contributed by atoms with Gasteiger partial charge in [-0.1, -0.05) is 33.1 Å². The van der Waals surface area contributed by atoms with Gasteiger partial charge in [-0.2, -0.15) is 0 Å². The van der Waals surface area contributed by atoms with Crippen molar-refractivity contribution in [1.82, 2.24) is 5.32 Å². The minimum absolute atomic E-state index is 0.534. The third-order valence-corrected chi connectivity index (χ3v) is 3.74. The van der Waals surface area contributed by atoms with Crippen LogP contribution in [-0.4, -0.2) is 12.1 Å². The van der Waals surface area contributed by atoms with E-state index >= 15 is 0 Å². The number of terminal acetylenes is 1. The predicted octanol–water partition coefficient (Wildman–Crippen LogP) is 3.35. The van der Waals surface area contributed by atoms with Gasteiger partial charge in [0.2, 0.25) is 0 Å². The SMILES string of the molecule is C#CCC(CC)NC1CCCCC1CC. The molecule has 1 N–H and O–H groups in total. The summed E-state index contributed by atoms with van der Waals surface area (Å²) in [5, 5.41) is 3.77. The van der Waals surface area contributed by atoms with Gasteiger partial charge in [-0.15, -0.1) is 12.3 Å². The fourth-order valence-electron chi connectivity index (χ4n) is 2.68. The Kier molecular flexibility index (Phi) is 5.79. The molecule has 1 aliphatic rings. The van der Waals surface area contributed by atoms with Gasteiger partial charge in [-0.05, 0) is 25.2 Å². The number of hydrogen-bond donors (Lipinski definition) is 1. The van der Waals surface area contributed by atoms with E-state index in [0.717, 1.165) is 24.8 Å². The van der Waals surface area contributed by atoms with Crippen LogP contribution in [0.15, 0.2) is 0 Å². The highest BCUT2D eigenvalue weighted by atomic mass is 15.0. The van der Waals surface area contributed by atoms with E-state index in [4.69, 9.17) is 6.42 Å². The Labute approximate surface area is 95.0 Å². The molecule has 0 saturated heterocycles. The van der Waals surface area contributed by atoms with E-state index in [1.807, 2.05) is 0 Å². The Morgan fingerprint density at radius 1 is 1.33 bits per heavy atom. The van der Waals surface area contributed by atoms with E-state index in [9.17, 15) is 0 Å². The quantitative estimate of drug-likeness (QED) is 0.682. The molecule has 1 rings (SSSR count). The van der Waals surface area contributed by atoms with Crippen LogP contribution in [0.25, 0.3) is 0 Å². The van der Waals surface area contributed by atoms with Crippen molar-refractivity contribution in [3.63, 3.8) is 0 Å². The summed E-state index contributed by atoms with van der Waals surface area (Å²) >= 11 is 0. The van der Waals surface area contributed by atoms with Crippen LogP contribution in [0, 0.1) is 18.3 Å². The molecular formula is C14H25N. The highest BCUT2D eigenvalue weighted by molar-refractivity contribution is 4.92. The maximum atomic E-state index is 5.39. The predicted molar refractivity (Wildman–Crippen MR) is 66.7 cm³/mol. The summed E-state index contributed by atoms with van der Waals surface area (Å²) in [7, 11) is 0. The maximum Gasteiger partial charge on any atom is 0.0240 e. The Balaban J connectivity index is 2.42. The Hall–Kier alpha value is -0.480. The van der Waals surface area contributed by atoms with Gasteiger partial charge in [0.1, 0.15) is 0 Å². The summed E-state index contributed by atoms with van der Waals surface area (Å²) in [6, 6.07) is 1.26. The summed E-state index contributed by atoms with van der Waals surface area (Å²) < 4.78 is 0. The fraction of sp³-hybridized carbons (Fsp3) is 0.857. The summed E-state index contributed by atoms with van der Waals surface area (Å²) in [5.41, 5.74) is 0. The maximum absolute atomic E-state index is 5.39. The minimum Gasteiger partial charge on any atom is -0.310 e. The van der Waals surface area contributed by atoms with E-state index < -0.39 is 0 Å². The van der Waals surface area contributed by atoms with Crippen LogP contribution >= 0.6 is 0 Å². The van der Waals surface area contributed by atoms with Crippen molar-refractivity contribution in [1.29, 1.82) is 0 Å². The zero-order chi connectivity index (χ0) is 11.1. The monoisotopic (exact) mass is 207 g/mol. The van der Waals surface area contributed by atoms with Crippen molar-refractivity contribution in [3.8, 4) is 12.3 Å². The first-order chi connectivity index (χ1) is 7.31. The van der Waals surface area contributed by atoms with E-state index in [-0.39, 0.29) is 0 Å². The van der Waals surface area contributed by atoms with Gasteiger partial charge in [-0.3, -0.25) is 0 Å². The molecule has 1 fully saturated rings. The zero-order valence-corrected chi connectivity index (χ0v) is 10.3. The lowest BCUT2D eigenvalue weighted by Gasteiger charge is -2.34. The van der Waals surface area contributed by atoms with Gasteiger partial charge in [0.05, 0.1) is 0 Å². The van der Waals surface area contributed by atoms with Crippen LogP contribution < -0.4 is 5.32 Å². The van der Waals surface area contributed by atoms with Crippen molar-refractivity contribution < 1.29 is 0 Å². The minimum atomic E-state index is 0.534. The molecule has 86 valence electrons. The zero-order valence-electron chi connectivity index (χ0n) is 10.3. The van der Waals surface area contributed by atoms with Gasteiger partial charge < -0.3 is 5.32 Å². The van der Waals surface area contributed by atoms with Crippen molar-refractivity contribution in [2.45, 2.75) is 70.9 Å². The Bertz CT molecular complexity index is 204. The van der Waals surface area contributed by atoms with Crippen molar-refractivity contribution >= 4 is 0 Å². The lowest BCUT2D eigenvalue weighted by atomic mass is 9.82. The Morgan fingerprint density at radius 2 is 2.07 bits per heavy atom. The molecule has 0 aliphatic heterocycles. The molecule has 0 amide bonds. The smallest absolute Gasteiger partial charge is 0.0240 e. The summed E-state index contributed by atoms with van der Waals surface area (Å²) in [4.78, 5) is 0. The molecule has 0 spiro atoms. The summed E-state index contributed by atoms with van der Waals surface area (Å²) in [6.45, 7) is 4.53. The summed E-state index contributed by atoms with van der Waals surface area (Å²) in [6.07, 6.45) is 14.3. The first kappa shape index (κ1) is 12.6. The first-order valence-corrected chi connectivity index (χ1v) is 6.51. The molecule has 1 saturated carbocycles. The second kappa shape index (κ2) is 6.90. The molecule has 1 nitrogen and oxygen atoms in total. The first-order valence-electron chi connectivity index (χ1n) is 6.51. The molecule has 0 bridgehead atoms.